The molecule has 0 aromatic heterocycles. The smallest absolute Gasteiger partial charge is 0.305 e. The quantitative estimate of drug-likeness (QED) is 0.646. The Labute approximate surface area is 80.1 Å². The lowest BCUT2D eigenvalue weighted by molar-refractivity contribution is -0.143. The van der Waals surface area contributed by atoms with Crippen LogP contribution >= 0.6 is 0 Å². The Kier molecular flexibility index (Phi) is 6.59. The predicted molar refractivity (Wildman–Crippen MR) is 51.3 cm³/mol. The minimum absolute atomic E-state index is 0.197. The van der Waals surface area contributed by atoms with E-state index in [0.717, 1.165) is 6.42 Å². The molecule has 0 radical (unpaired) electrons. The lowest BCUT2D eigenvalue weighted by atomic mass is 10.0. The highest BCUT2D eigenvalue weighted by molar-refractivity contribution is 5.68. The highest BCUT2D eigenvalue weighted by Crippen LogP contribution is 2.07. The van der Waals surface area contributed by atoms with Gasteiger partial charge in [-0.2, -0.15) is 0 Å². The fraction of sp³-hybridized carbons (Fsp3) is 0.900. The van der Waals surface area contributed by atoms with E-state index < -0.39 is 0 Å². The van der Waals surface area contributed by atoms with Crippen molar-refractivity contribution in [2.45, 2.75) is 46.1 Å². The number of ether oxygens (including phenoxy) is 1. The normalized spacial score (nSPS) is 13.0. The first-order valence-electron chi connectivity index (χ1n) is 4.90. The highest BCUT2D eigenvalue weighted by Gasteiger charge is 2.07. The summed E-state index contributed by atoms with van der Waals surface area (Å²) in [4.78, 5) is 10.7. The first kappa shape index (κ1) is 12.4. The monoisotopic (exact) mass is 188 g/mol. The second-order valence-corrected chi connectivity index (χ2v) is 3.65. The van der Waals surface area contributed by atoms with Crippen LogP contribution in [0.4, 0.5) is 0 Å². The van der Waals surface area contributed by atoms with Gasteiger partial charge in [-0.25, -0.2) is 0 Å². The van der Waals surface area contributed by atoms with Gasteiger partial charge in [-0.3, -0.25) is 4.79 Å². The van der Waals surface area contributed by atoms with Crippen molar-refractivity contribution >= 4 is 5.97 Å². The molecule has 0 saturated heterocycles. The molecule has 1 N–H and O–H groups in total. The van der Waals surface area contributed by atoms with Crippen molar-refractivity contribution in [1.82, 2.24) is 0 Å². The Balaban J connectivity index is 3.36. The number of hydrogen-bond acceptors (Lipinski definition) is 3. The standard InChI is InChI=1S/C10H20O3/c1-4-10(12)13-6-5-9(11)7-8(2)3/h8-9,11H,4-7H2,1-3H3. The summed E-state index contributed by atoms with van der Waals surface area (Å²) in [5, 5.41) is 9.41. The summed E-state index contributed by atoms with van der Waals surface area (Å²) in [6.07, 6.45) is 1.37. The SMILES string of the molecule is CCC(=O)OCCC(O)CC(C)C. The topological polar surface area (TPSA) is 46.5 Å². The maximum atomic E-state index is 10.7. The number of aliphatic hydroxyl groups is 1. The summed E-state index contributed by atoms with van der Waals surface area (Å²) in [6.45, 7) is 6.20. The van der Waals surface area contributed by atoms with Gasteiger partial charge in [0, 0.05) is 12.8 Å². The first-order chi connectivity index (χ1) is 6.06. The van der Waals surface area contributed by atoms with Crippen LogP contribution in [-0.2, 0) is 9.53 Å². The van der Waals surface area contributed by atoms with E-state index >= 15 is 0 Å². The number of aliphatic hydroxyl groups excluding tert-OH is 1. The average Bonchev–Trinajstić information content (AvgIpc) is 2.02. The van der Waals surface area contributed by atoms with E-state index in [-0.39, 0.29) is 12.1 Å². The van der Waals surface area contributed by atoms with Crippen molar-refractivity contribution in [3.05, 3.63) is 0 Å². The third-order valence-electron chi connectivity index (χ3n) is 1.75. The number of carbonyl (C=O) groups excluding carboxylic acids is 1. The molecule has 0 aliphatic rings. The molecule has 78 valence electrons. The van der Waals surface area contributed by atoms with Crippen molar-refractivity contribution in [3.8, 4) is 0 Å². The summed E-state index contributed by atoms with van der Waals surface area (Å²) >= 11 is 0. The molecule has 3 heteroatoms. The van der Waals surface area contributed by atoms with Crippen LogP contribution in [0.15, 0.2) is 0 Å². The van der Waals surface area contributed by atoms with Crippen LogP contribution in [0, 0.1) is 5.92 Å². The summed E-state index contributed by atoms with van der Waals surface area (Å²) in [5.41, 5.74) is 0. The van der Waals surface area contributed by atoms with Crippen LogP contribution in [0.25, 0.3) is 0 Å². The molecular formula is C10H20O3. The minimum atomic E-state index is -0.343. The second-order valence-electron chi connectivity index (χ2n) is 3.65. The lowest BCUT2D eigenvalue weighted by Crippen LogP contribution is -2.14. The maximum Gasteiger partial charge on any atom is 0.305 e. The zero-order chi connectivity index (χ0) is 10.3. The molecule has 0 saturated carbocycles. The van der Waals surface area contributed by atoms with Crippen LogP contribution < -0.4 is 0 Å². The number of carbonyl (C=O) groups is 1. The Morgan fingerprint density at radius 2 is 2.08 bits per heavy atom. The molecule has 1 unspecified atom stereocenters. The van der Waals surface area contributed by atoms with Gasteiger partial charge in [0.15, 0.2) is 0 Å². The molecule has 3 nitrogen and oxygen atoms in total. The molecule has 0 spiro atoms. The Morgan fingerprint density at radius 1 is 1.46 bits per heavy atom. The van der Waals surface area contributed by atoms with E-state index in [2.05, 4.69) is 13.8 Å². The van der Waals surface area contributed by atoms with E-state index in [1.54, 1.807) is 6.92 Å². The van der Waals surface area contributed by atoms with Gasteiger partial charge in [0.05, 0.1) is 12.7 Å². The van der Waals surface area contributed by atoms with E-state index in [4.69, 9.17) is 4.74 Å². The summed E-state index contributed by atoms with van der Waals surface area (Å²) in [7, 11) is 0. The Morgan fingerprint density at radius 3 is 2.54 bits per heavy atom. The average molecular weight is 188 g/mol. The number of esters is 1. The number of hydrogen-bond donors (Lipinski definition) is 1. The van der Waals surface area contributed by atoms with Gasteiger partial charge in [0.25, 0.3) is 0 Å². The minimum Gasteiger partial charge on any atom is -0.466 e. The van der Waals surface area contributed by atoms with Gasteiger partial charge < -0.3 is 9.84 Å². The van der Waals surface area contributed by atoms with Crippen LogP contribution in [0.2, 0.25) is 0 Å². The van der Waals surface area contributed by atoms with Crippen molar-refractivity contribution in [1.29, 1.82) is 0 Å². The van der Waals surface area contributed by atoms with E-state index in [1.165, 1.54) is 0 Å². The fourth-order valence-corrected chi connectivity index (χ4v) is 1.07. The third kappa shape index (κ3) is 7.78. The van der Waals surface area contributed by atoms with Gasteiger partial charge >= 0.3 is 5.97 Å². The Bertz CT molecular complexity index is 143. The van der Waals surface area contributed by atoms with Crippen LogP contribution in [0.1, 0.15) is 40.0 Å². The molecule has 1 atom stereocenters. The van der Waals surface area contributed by atoms with E-state index in [0.29, 0.717) is 25.4 Å². The first-order valence-corrected chi connectivity index (χ1v) is 4.90. The molecule has 0 aromatic rings. The predicted octanol–water partition coefficient (Wildman–Crippen LogP) is 1.74. The maximum absolute atomic E-state index is 10.7. The molecule has 0 heterocycles. The molecule has 0 fully saturated rings. The molecule has 0 amide bonds. The molecule has 0 bridgehead atoms. The highest BCUT2D eigenvalue weighted by atomic mass is 16.5. The molecule has 0 rings (SSSR count). The zero-order valence-electron chi connectivity index (χ0n) is 8.75. The van der Waals surface area contributed by atoms with Crippen molar-refractivity contribution in [2.24, 2.45) is 5.92 Å². The van der Waals surface area contributed by atoms with Crippen molar-refractivity contribution < 1.29 is 14.6 Å². The fourth-order valence-electron chi connectivity index (χ4n) is 1.07. The number of rotatable bonds is 6. The summed E-state index contributed by atoms with van der Waals surface area (Å²) in [6, 6.07) is 0. The van der Waals surface area contributed by atoms with Crippen molar-refractivity contribution in [2.75, 3.05) is 6.61 Å². The molecule has 0 aliphatic heterocycles. The second kappa shape index (κ2) is 6.89. The molecule has 13 heavy (non-hydrogen) atoms. The van der Waals surface area contributed by atoms with Gasteiger partial charge in [-0.05, 0) is 12.3 Å². The zero-order valence-corrected chi connectivity index (χ0v) is 8.75. The van der Waals surface area contributed by atoms with Gasteiger partial charge in [-0.1, -0.05) is 20.8 Å². The largest absolute Gasteiger partial charge is 0.466 e. The van der Waals surface area contributed by atoms with E-state index in [9.17, 15) is 9.90 Å². The van der Waals surface area contributed by atoms with Crippen LogP contribution in [-0.4, -0.2) is 23.8 Å². The molecular weight excluding hydrogens is 168 g/mol. The van der Waals surface area contributed by atoms with Gasteiger partial charge in [-0.15, -0.1) is 0 Å². The Hall–Kier alpha value is -0.570. The van der Waals surface area contributed by atoms with Crippen molar-refractivity contribution in [3.63, 3.8) is 0 Å². The third-order valence-corrected chi connectivity index (χ3v) is 1.75. The van der Waals surface area contributed by atoms with Gasteiger partial charge in [0.1, 0.15) is 0 Å². The summed E-state index contributed by atoms with van der Waals surface area (Å²) < 4.78 is 4.84. The van der Waals surface area contributed by atoms with Crippen LogP contribution in [0.5, 0.6) is 0 Å². The van der Waals surface area contributed by atoms with E-state index in [1.807, 2.05) is 0 Å². The molecule has 0 aliphatic carbocycles. The summed E-state index contributed by atoms with van der Waals surface area (Å²) in [5.74, 6) is 0.286. The van der Waals surface area contributed by atoms with Crippen LogP contribution in [0.3, 0.4) is 0 Å². The van der Waals surface area contributed by atoms with Gasteiger partial charge in [0.2, 0.25) is 0 Å². The lowest BCUT2D eigenvalue weighted by Gasteiger charge is -2.12. The molecule has 0 aromatic carbocycles.